The van der Waals surface area contributed by atoms with Crippen molar-refractivity contribution in [1.82, 2.24) is 20.1 Å². The van der Waals surface area contributed by atoms with Crippen molar-refractivity contribution in [2.24, 2.45) is 5.92 Å². The second kappa shape index (κ2) is 8.62. The number of amides is 1. The molecule has 5 nitrogen and oxygen atoms in total. The van der Waals surface area contributed by atoms with Gasteiger partial charge in [-0.1, -0.05) is 13.0 Å². The fraction of sp³-hybridized carbons (Fsp3) is 0.647. The summed E-state index contributed by atoms with van der Waals surface area (Å²) in [6.45, 7) is 7.38. The Hall–Kier alpha value is -1.17. The number of rotatable bonds is 3. The maximum atomic E-state index is 12.6. The van der Waals surface area contributed by atoms with Crippen LogP contribution >= 0.6 is 12.4 Å². The highest BCUT2D eigenvalue weighted by molar-refractivity contribution is 5.85. The summed E-state index contributed by atoms with van der Waals surface area (Å²) in [7, 11) is 0. The van der Waals surface area contributed by atoms with E-state index in [4.69, 9.17) is 0 Å². The van der Waals surface area contributed by atoms with Crippen LogP contribution < -0.4 is 5.32 Å². The second-order valence-corrected chi connectivity index (χ2v) is 6.54. The molecule has 3 heterocycles. The molecule has 0 spiro atoms. The van der Waals surface area contributed by atoms with E-state index in [9.17, 15) is 4.79 Å². The van der Waals surface area contributed by atoms with Gasteiger partial charge in [-0.25, -0.2) is 0 Å². The first-order valence-corrected chi connectivity index (χ1v) is 8.36. The predicted molar refractivity (Wildman–Crippen MR) is 93.6 cm³/mol. The molecule has 0 radical (unpaired) electrons. The van der Waals surface area contributed by atoms with Crippen LogP contribution in [0.25, 0.3) is 0 Å². The van der Waals surface area contributed by atoms with Crippen LogP contribution in [-0.4, -0.2) is 60.0 Å². The number of carbonyl (C=O) groups is 1. The molecule has 0 aromatic carbocycles. The Kier molecular flexibility index (Phi) is 6.81. The average molecular weight is 339 g/mol. The number of nitrogens with zero attached hydrogens (tertiary/aromatic N) is 3. The lowest BCUT2D eigenvalue weighted by atomic mass is 9.99. The standard InChI is InChI=1S/C17H26N4O.ClH/c1-14-4-8-20(9-5-14)17(22)13-21-10-7-19-12-16(21)15-3-2-6-18-11-15;/h2-3,6,11,14,16,19H,4-5,7-10,12-13H2,1H3;1H. The van der Waals surface area contributed by atoms with Gasteiger partial charge in [0.15, 0.2) is 0 Å². The minimum atomic E-state index is 0. The zero-order valence-electron chi connectivity index (χ0n) is 13.8. The van der Waals surface area contributed by atoms with Crippen molar-refractivity contribution in [3.63, 3.8) is 0 Å². The fourth-order valence-corrected chi connectivity index (χ4v) is 3.37. The van der Waals surface area contributed by atoms with Crippen molar-refractivity contribution in [2.75, 3.05) is 39.3 Å². The van der Waals surface area contributed by atoms with Crippen LogP contribution in [0.2, 0.25) is 0 Å². The fourth-order valence-electron chi connectivity index (χ4n) is 3.37. The highest BCUT2D eigenvalue weighted by Crippen LogP contribution is 2.22. The van der Waals surface area contributed by atoms with E-state index < -0.39 is 0 Å². The molecule has 1 N–H and O–H groups in total. The number of aromatic nitrogens is 1. The van der Waals surface area contributed by atoms with Crippen molar-refractivity contribution < 1.29 is 4.79 Å². The first kappa shape index (κ1) is 18.2. The van der Waals surface area contributed by atoms with Crippen LogP contribution in [-0.2, 0) is 4.79 Å². The van der Waals surface area contributed by atoms with Crippen LogP contribution in [0.4, 0.5) is 0 Å². The number of piperazine rings is 1. The highest BCUT2D eigenvalue weighted by Gasteiger charge is 2.28. The van der Waals surface area contributed by atoms with Gasteiger partial charge in [-0.2, -0.15) is 0 Å². The van der Waals surface area contributed by atoms with E-state index in [0.717, 1.165) is 51.5 Å². The number of halogens is 1. The van der Waals surface area contributed by atoms with Crippen LogP contribution in [0.3, 0.4) is 0 Å². The Balaban J connectivity index is 0.00000192. The smallest absolute Gasteiger partial charge is 0.236 e. The van der Waals surface area contributed by atoms with Gasteiger partial charge in [0.2, 0.25) is 5.91 Å². The van der Waals surface area contributed by atoms with Gasteiger partial charge >= 0.3 is 0 Å². The molecule has 23 heavy (non-hydrogen) atoms. The number of pyridine rings is 1. The SMILES string of the molecule is CC1CCN(C(=O)CN2CCNCC2c2cccnc2)CC1.Cl. The summed E-state index contributed by atoms with van der Waals surface area (Å²) in [6, 6.07) is 4.32. The molecule has 128 valence electrons. The molecule has 0 saturated carbocycles. The van der Waals surface area contributed by atoms with E-state index in [1.165, 1.54) is 5.56 Å². The topological polar surface area (TPSA) is 48.5 Å². The molecule has 6 heteroatoms. The number of piperidine rings is 1. The van der Waals surface area contributed by atoms with Gasteiger partial charge < -0.3 is 10.2 Å². The molecule has 1 aromatic rings. The first-order chi connectivity index (χ1) is 10.7. The van der Waals surface area contributed by atoms with Gasteiger partial charge in [-0.15, -0.1) is 12.4 Å². The van der Waals surface area contributed by atoms with E-state index in [1.807, 2.05) is 17.2 Å². The predicted octanol–water partition coefficient (Wildman–Crippen LogP) is 1.71. The molecule has 2 fully saturated rings. The molecule has 0 bridgehead atoms. The van der Waals surface area contributed by atoms with Gasteiger partial charge in [-0.05, 0) is 30.4 Å². The maximum absolute atomic E-state index is 12.6. The lowest BCUT2D eigenvalue weighted by Crippen LogP contribution is -2.51. The molecule has 1 aromatic heterocycles. The molecule has 2 aliphatic heterocycles. The van der Waals surface area contributed by atoms with Gasteiger partial charge in [-0.3, -0.25) is 14.7 Å². The Bertz CT molecular complexity index is 491. The van der Waals surface area contributed by atoms with Crippen molar-refractivity contribution in [2.45, 2.75) is 25.8 Å². The quantitative estimate of drug-likeness (QED) is 0.911. The largest absolute Gasteiger partial charge is 0.342 e. The average Bonchev–Trinajstić information content (AvgIpc) is 2.57. The maximum Gasteiger partial charge on any atom is 0.236 e. The molecular weight excluding hydrogens is 312 g/mol. The van der Waals surface area contributed by atoms with E-state index in [0.29, 0.717) is 6.54 Å². The molecule has 2 saturated heterocycles. The summed E-state index contributed by atoms with van der Waals surface area (Å²) < 4.78 is 0. The Morgan fingerprint density at radius 2 is 2.13 bits per heavy atom. The molecule has 3 rings (SSSR count). The van der Waals surface area contributed by atoms with Crippen LogP contribution in [0.5, 0.6) is 0 Å². The van der Waals surface area contributed by atoms with E-state index in [2.05, 4.69) is 28.2 Å². The number of hydrogen-bond acceptors (Lipinski definition) is 4. The molecule has 1 atom stereocenters. The van der Waals surface area contributed by atoms with Gasteiger partial charge in [0.25, 0.3) is 0 Å². The van der Waals surface area contributed by atoms with E-state index in [1.54, 1.807) is 6.20 Å². The number of likely N-dealkylation sites (tertiary alicyclic amines) is 1. The molecular formula is C17H27ClN4O. The normalized spacial score (nSPS) is 23.3. The molecule has 2 aliphatic rings. The number of carbonyl (C=O) groups excluding carboxylic acids is 1. The third-order valence-corrected chi connectivity index (χ3v) is 4.90. The van der Waals surface area contributed by atoms with Crippen LogP contribution in [0.1, 0.15) is 31.4 Å². The third kappa shape index (κ3) is 4.66. The zero-order valence-corrected chi connectivity index (χ0v) is 14.6. The molecule has 1 amide bonds. The number of nitrogens with one attached hydrogen (secondary N) is 1. The second-order valence-electron chi connectivity index (χ2n) is 6.54. The van der Waals surface area contributed by atoms with Crippen molar-refractivity contribution >= 4 is 18.3 Å². The summed E-state index contributed by atoms with van der Waals surface area (Å²) in [5.74, 6) is 1.04. The summed E-state index contributed by atoms with van der Waals surface area (Å²) in [5, 5.41) is 3.43. The van der Waals surface area contributed by atoms with E-state index >= 15 is 0 Å². The number of hydrogen-bond donors (Lipinski definition) is 1. The van der Waals surface area contributed by atoms with Gasteiger partial charge in [0.05, 0.1) is 6.54 Å². The minimum Gasteiger partial charge on any atom is -0.342 e. The third-order valence-electron chi connectivity index (χ3n) is 4.90. The van der Waals surface area contributed by atoms with Crippen molar-refractivity contribution in [3.8, 4) is 0 Å². The lowest BCUT2D eigenvalue weighted by molar-refractivity contribution is -0.134. The van der Waals surface area contributed by atoms with Gasteiger partial charge in [0, 0.05) is 51.2 Å². The van der Waals surface area contributed by atoms with Crippen molar-refractivity contribution in [3.05, 3.63) is 30.1 Å². The monoisotopic (exact) mass is 338 g/mol. The summed E-state index contributed by atoms with van der Waals surface area (Å²) in [6.07, 6.45) is 5.99. The zero-order chi connectivity index (χ0) is 15.4. The Morgan fingerprint density at radius 3 is 2.83 bits per heavy atom. The van der Waals surface area contributed by atoms with Crippen LogP contribution in [0.15, 0.2) is 24.5 Å². The molecule has 0 aliphatic carbocycles. The lowest BCUT2D eigenvalue weighted by Gasteiger charge is -2.38. The van der Waals surface area contributed by atoms with Gasteiger partial charge in [0.1, 0.15) is 0 Å². The highest BCUT2D eigenvalue weighted by atomic mass is 35.5. The summed E-state index contributed by atoms with van der Waals surface area (Å²) >= 11 is 0. The Labute approximate surface area is 144 Å². The van der Waals surface area contributed by atoms with Crippen molar-refractivity contribution in [1.29, 1.82) is 0 Å². The Morgan fingerprint density at radius 1 is 1.35 bits per heavy atom. The molecule has 1 unspecified atom stereocenters. The van der Waals surface area contributed by atoms with Crippen LogP contribution in [0, 0.1) is 5.92 Å². The summed E-state index contributed by atoms with van der Waals surface area (Å²) in [4.78, 5) is 21.2. The minimum absolute atomic E-state index is 0. The summed E-state index contributed by atoms with van der Waals surface area (Å²) in [5.41, 5.74) is 1.19. The van der Waals surface area contributed by atoms with E-state index in [-0.39, 0.29) is 24.4 Å². The first-order valence-electron chi connectivity index (χ1n) is 8.36.